The van der Waals surface area contributed by atoms with E-state index in [0.29, 0.717) is 6.10 Å². The van der Waals surface area contributed by atoms with Gasteiger partial charge < -0.3 is 9.84 Å². The van der Waals surface area contributed by atoms with Crippen LogP contribution in [-0.4, -0.2) is 17.8 Å². The zero-order valence-corrected chi connectivity index (χ0v) is 12.1. The normalized spacial score (nSPS) is 15.1. The van der Waals surface area contributed by atoms with E-state index in [-0.39, 0.29) is 6.61 Å². The van der Waals surface area contributed by atoms with Gasteiger partial charge in [0.05, 0.1) is 12.7 Å². The van der Waals surface area contributed by atoms with Gasteiger partial charge in [-0.05, 0) is 43.4 Å². The number of rotatable bonds is 6. The number of hydrogen-bond acceptors (Lipinski definition) is 2. The number of aliphatic hydroxyl groups excluding tert-OH is 1. The van der Waals surface area contributed by atoms with Gasteiger partial charge >= 0.3 is 0 Å². The summed E-state index contributed by atoms with van der Waals surface area (Å²) in [6, 6.07) is 8.33. The molecule has 1 aromatic rings. The van der Waals surface area contributed by atoms with E-state index < -0.39 is 0 Å². The van der Waals surface area contributed by atoms with E-state index in [2.05, 4.69) is 36.1 Å². The molecule has 0 bridgehead atoms. The summed E-state index contributed by atoms with van der Waals surface area (Å²) in [5.74, 6) is 6.30. The first-order chi connectivity index (χ1) is 9.88. The van der Waals surface area contributed by atoms with Crippen LogP contribution in [0.15, 0.2) is 24.3 Å². The van der Waals surface area contributed by atoms with E-state index in [1.807, 2.05) is 0 Å². The lowest BCUT2D eigenvalue weighted by molar-refractivity contribution is 0.0457. The fraction of sp³-hybridized carbons (Fsp3) is 0.556. The molecule has 0 aromatic heterocycles. The van der Waals surface area contributed by atoms with Gasteiger partial charge in [0.1, 0.15) is 0 Å². The topological polar surface area (TPSA) is 29.5 Å². The molecule has 1 aromatic carbocycles. The van der Waals surface area contributed by atoms with E-state index in [1.54, 1.807) is 0 Å². The first kappa shape index (κ1) is 15.1. The van der Waals surface area contributed by atoms with E-state index in [0.717, 1.165) is 31.4 Å². The Labute approximate surface area is 122 Å². The second-order valence-electron chi connectivity index (χ2n) is 5.40. The molecule has 1 N–H and O–H groups in total. The molecule has 1 aliphatic rings. The molecular formula is C18H24O2. The second kappa shape index (κ2) is 8.79. The van der Waals surface area contributed by atoms with E-state index in [4.69, 9.17) is 9.84 Å². The van der Waals surface area contributed by atoms with Crippen LogP contribution in [-0.2, 0) is 11.3 Å². The predicted octanol–water partition coefficient (Wildman–Crippen LogP) is 3.66. The third-order valence-corrected chi connectivity index (χ3v) is 3.68. The van der Waals surface area contributed by atoms with Crippen molar-refractivity contribution >= 4 is 0 Å². The van der Waals surface area contributed by atoms with Crippen molar-refractivity contribution < 1.29 is 9.84 Å². The zero-order valence-electron chi connectivity index (χ0n) is 12.1. The Kier molecular flexibility index (Phi) is 6.63. The van der Waals surface area contributed by atoms with Crippen LogP contribution in [0.3, 0.4) is 0 Å². The molecular weight excluding hydrogens is 248 g/mol. The van der Waals surface area contributed by atoms with Crippen molar-refractivity contribution in [3.63, 3.8) is 0 Å². The van der Waals surface area contributed by atoms with Crippen molar-refractivity contribution in [3.8, 4) is 11.8 Å². The molecule has 0 spiro atoms. The van der Waals surface area contributed by atoms with Crippen molar-refractivity contribution in [3.05, 3.63) is 35.4 Å². The van der Waals surface area contributed by atoms with Crippen LogP contribution in [0.1, 0.15) is 56.1 Å². The molecule has 2 rings (SSSR count). The quantitative estimate of drug-likeness (QED) is 0.632. The minimum absolute atomic E-state index is 0.261. The predicted molar refractivity (Wildman–Crippen MR) is 81.3 cm³/mol. The molecule has 108 valence electrons. The summed E-state index contributed by atoms with van der Waals surface area (Å²) >= 11 is 0. The fourth-order valence-electron chi connectivity index (χ4n) is 2.44. The Morgan fingerprint density at radius 2 is 1.85 bits per heavy atom. The molecule has 0 heterocycles. The highest BCUT2D eigenvalue weighted by atomic mass is 16.5. The number of benzene rings is 1. The van der Waals surface area contributed by atoms with Gasteiger partial charge in [-0.3, -0.25) is 0 Å². The average Bonchev–Trinajstić information content (AvgIpc) is 2.99. The Bertz CT molecular complexity index is 433. The highest BCUT2D eigenvalue weighted by Gasteiger charge is 2.14. The van der Waals surface area contributed by atoms with Crippen LogP contribution in [0.5, 0.6) is 0 Å². The highest BCUT2D eigenvalue weighted by Crippen LogP contribution is 2.22. The lowest BCUT2D eigenvalue weighted by Gasteiger charge is -2.10. The van der Waals surface area contributed by atoms with Gasteiger partial charge in [0.25, 0.3) is 0 Å². The Hall–Kier alpha value is -1.30. The van der Waals surface area contributed by atoms with Crippen LogP contribution in [0.25, 0.3) is 0 Å². The van der Waals surface area contributed by atoms with Crippen molar-refractivity contribution in [2.45, 2.75) is 57.7 Å². The molecule has 2 heteroatoms. The zero-order chi connectivity index (χ0) is 14.0. The maximum Gasteiger partial charge on any atom is 0.0720 e. The summed E-state index contributed by atoms with van der Waals surface area (Å²) in [5.41, 5.74) is 2.28. The summed E-state index contributed by atoms with van der Waals surface area (Å²) in [6.07, 6.45) is 8.21. The third kappa shape index (κ3) is 5.36. The molecule has 20 heavy (non-hydrogen) atoms. The Balaban J connectivity index is 1.74. The maximum atomic E-state index is 8.68. The molecule has 1 fully saturated rings. The first-order valence-corrected chi connectivity index (χ1v) is 7.69. The third-order valence-electron chi connectivity index (χ3n) is 3.68. The van der Waals surface area contributed by atoms with Gasteiger partial charge in [0, 0.05) is 18.6 Å². The standard InChI is InChI=1S/C18H24O2/c19-14-6-2-1-3-7-16-10-12-17(13-11-16)15-20-18-8-4-5-9-18/h10-13,18-19H,1-2,4-6,8-9,14-15H2. The molecule has 1 aliphatic carbocycles. The Morgan fingerprint density at radius 1 is 1.10 bits per heavy atom. The van der Waals surface area contributed by atoms with Crippen LogP contribution < -0.4 is 0 Å². The van der Waals surface area contributed by atoms with Crippen molar-refractivity contribution in [1.82, 2.24) is 0 Å². The number of ether oxygens (including phenoxy) is 1. The summed E-state index contributed by atoms with van der Waals surface area (Å²) < 4.78 is 5.89. The minimum Gasteiger partial charge on any atom is -0.396 e. The smallest absolute Gasteiger partial charge is 0.0720 e. The van der Waals surface area contributed by atoms with Gasteiger partial charge in [-0.2, -0.15) is 0 Å². The van der Waals surface area contributed by atoms with Crippen molar-refractivity contribution in [2.75, 3.05) is 6.61 Å². The van der Waals surface area contributed by atoms with Crippen molar-refractivity contribution in [1.29, 1.82) is 0 Å². The number of unbranched alkanes of at least 4 members (excludes halogenated alkanes) is 2. The van der Waals surface area contributed by atoms with Gasteiger partial charge in [0.15, 0.2) is 0 Å². The van der Waals surface area contributed by atoms with Crippen LogP contribution in [0.2, 0.25) is 0 Å². The maximum absolute atomic E-state index is 8.68. The number of aliphatic hydroxyl groups is 1. The summed E-state index contributed by atoms with van der Waals surface area (Å²) in [7, 11) is 0. The van der Waals surface area contributed by atoms with Gasteiger partial charge in [-0.25, -0.2) is 0 Å². The lowest BCUT2D eigenvalue weighted by atomic mass is 10.1. The monoisotopic (exact) mass is 272 g/mol. The molecule has 2 nitrogen and oxygen atoms in total. The van der Waals surface area contributed by atoms with Gasteiger partial charge in [0.2, 0.25) is 0 Å². The first-order valence-electron chi connectivity index (χ1n) is 7.69. The molecule has 1 saturated carbocycles. The lowest BCUT2D eigenvalue weighted by Crippen LogP contribution is -2.06. The highest BCUT2D eigenvalue weighted by molar-refractivity contribution is 5.35. The van der Waals surface area contributed by atoms with Crippen molar-refractivity contribution in [2.24, 2.45) is 0 Å². The number of hydrogen-bond donors (Lipinski definition) is 1. The van der Waals surface area contributed by atoms with Crippen LogP contribution in [0, 0.1) is 11.8 Å². The molecule has 0 atom stereocenters. The second-order valence-corrected chi connectivity index (χ2v) is 5.40. The molecule has 0 saturated heterocycles. The van der Waals surface area contributed by atoms with Gasteiger partial charge in [-0.1, -0.05) is 36.8 Å². The van der Waals surface area contributed by atoms with E-state index in [1.165, 1.54) is 31.2 Å². The molecule has 0 amide bonds. The average molecular weight is 272 g/mol. The summed E-state index contributed by atoms with van der Waals surface area (Å²) in [6.45, 7) is 0.978. The van der Waals surface area contributed by atoms with Crippen LogP contribution in [0.4, 0.5) is 0 Å². The molecule has 0 unspecified atom stereocenters. The largest absolute Gasteiger partial charge is 0.396 e. The van der Waals surface area contributed by atoms with Gasteiger partial charge in [-0.15, -0.1) is 0 Å². The minimum atomic E-state index is 0.261. The SMILES string of the molecule is OCCCCC#Cc1ccc(COC2CCCC2)cc1. The fourth-order valence-corrected chi connectivity index (χ4v) is 2.44. The molecule has 0 radical (unpaired) electrons. The summed E-state index contributed by atoms with van der Waals surface area (Å²) in [4.78, 5) is 0. The van der Waals surface area contributed by atoms with E-state index >= 15 is 0 Å². The summed E-state index contributed by atoms with van der Waals surface area (Å²) in [5, 5.41) is 8.68. The van der Waals surface area contributed by atoms with Crippen LogP contribution >= 0.6 is 0 Å². The molecule has 0 aliphatic heterocycles. The van der Waals surface area contributed by atoms with E-state index in [9.17, 15) is 0 Å². The Morgan fingerprint density at radius 3 is 2.55 bits per heavy atom.